The number of nitrogens with zero attached hydrogens (tertiary/aromatic N) is 1. The third kappa shape index (κ3) is 3.63. The van der Waals surface area contributed by atoms with E-state index < -0.39 is 0 Å². The molecule has 1 heterocycles. The van der Waals surface area contributed by atoms with Gasteiger partial charge in [-0.1, -0.05) is 0 Å². The third-order valence-corrected chi connectivity index (χ3v) is 4.16. The van der Waals surface area contributed by atoms with E-state index in [2.05, 4.69) is 24.6 Å². The monoisotopic (exact) mass is 233 g/mol. The molecule has 1 atom stereocenters. The molecule has 4 heteroatoms. The highest BCUT2D eigenvalue weighted by molar-refractivity contribution is 7.80. The number of likely N-dealkylation sites (N-methyl/N-ethyl adjacent to an activating group) is 1. The van der Waals surface area contributed by atoms with Gasteiger partial charge in [0, 0.05) is 25.8 Å². The quantitative estimate of drug-likeness (QED) is 0.696. The lowest BCUT2D eigenvalue weighted by Gasteiger charge is -2.40. The fourth-order valence-corrected chi connectivity index (χ4v) is 2.41. The van der Waals surface area contributed by atoms with Crippen LogP contribution in [-0.2, 0) is 4.74 Å². The summed E-state index contributed by atoms with van der Waals surface area (Å²) < 4.78 is 5.39. The normalized spacial score (nSPS) is 23.0. The highest BCUT2D eigenvalue weighted by Crippen LogP contribution is 2.32. The molecule has 1 aliphatic rings. The Hall–Kier alpha value is 0.230. The zero-order chi connectivity index (χ0) is 11.3. The minimum Gasteiger partial charge on any atom is -0.395 e. The summed E-state index contributed by atoms with van der Waals surface area (Å²) in [4.78, 5) is 2.22. The Morgan fingerprint density at radius 1 is 1.47 bits per heavy atom. The van der Waals surface area contributed by atoms with Crippen LogP contribution in [0.4, 0.5) is 0 Å². The van der Waals surface area contributed by atoms with Crippen LogP contribution in [0.25, 0.3) is 0 Å². The summed E-state index contributed by atoms with van der Waals surface area (Å²) in [7, 11) is 2.07. The van der Waals surface area contributed by atoms with Crippen molar-refractivity contribution in [3.63, 3.8) is 0 Å². The molecule has 0 bridgehead atoms. The summed E-state index contributed by atoms with van der Waals surface area (Å²) in [5.41, 5.74) is 0.277. The molecule has 1 aliphatic heterocycles. The minimum absolute atomic E-state index is 0.218. The molecule has 1 N–H and O–H groups in total. The van der Waals surface area contributed by atoms with E-state index in [1.54, 1.807) is 0 Å². The van der Waals surface area contributed by atoms with Crippen LogP contribution in [-0.4, -0.2) is 55.2 Å². The minimum atomic E-state index is 0.218. The lowest BCUT2D eigenvalue weighted by molar-refractivity contribution is 0.00251. The van der Waals surface area contributed by atoms with Crippen molar-refractivity contribution in [2.45, 2.75) is 25.8 Å². The topological polar surface area (TPSA) is 32.7 Å². The lowest BCUT2D eigenvalue weighted by Crippen LogP contribution is -2.45. The second-order valence-corrected chi connectivity index (χ2v) is 5.03. The van der Waals surface area contributed by atoms with Crippen LogP contribution in [0.1, 0.15) is 19.8 Å². The van der Waals surface area contributed by atoms with Crippen molar-refractivity contribution >= 4 is 12.6 Å². The molecule has 0 radical (unpaired) electrons. The van der Waals surface area contributed by atoms with Gasteiger partial charge in [-0.15, -0.1) is 0 Å². The molecule has 1 saturated heterocycles. The summed E-state index contributed by atoms with van der Waals surface area (Å²) in [6, 6.07) is 0.226. The Balaban J connectivity index is 2.51. The predicted molar refractivity (Wildman–Crippen MR) is 65.5 cm³/mol. The van der Waals surface area contributed by atoms with E-state index in [0.717, 1.165) is 38.4 Å². The SMILES string of the molecule is CC(CO)N(C)CC1(CS)CCOCC1. The van der Waals surface area contributed by atoms with E-state index in [-0.39, 0.29) is 18.1 Å². The Kier molecular flexibility index (Phi) is 5.39. The lowest BCUT2D eigenvalue weighted by atomic mass is 9.81. The molecule has 1 fully saturated rings. The van der Waals surface area contributed by atoms with E-state index in [9.17, 15) is 0 Å². The molecule has 1 unspecified atom stereocenters. The molecule has 0 aromatic rings. The summed E-state index contributed by atoms with van der Waals surface area (Å²) >= 11 is 4.48. The van der Waals surface area contributed by atoms with Gasteiger partial charge in [-0.3, -0.25) is 0 Å². The molecule has 0 amide bonds. The number of ether oxygens (including phenoxy) is 1. The van der Waals surface area contributed by atoms with Crippen LogP contribution in [0, 0.1) is 5.41 Å². The van der Waals surface area contributed by atoms with Crippen LogP contribution in [0.2, 0.25) is 0 Å². The third-order valence-electron chi connectivity index (χ3n) is 3.49. The fraction of sp³-hybridized carbons (Fsp3) is 1.00. The van der Waals surface area contributed by atoms with Gasteiger partial charge < -0.3 is 14.7 Å². The van der Waals surface area contributed by atoms with Crippen LogP contribution in [0.3, 0.4) is 0 Å². The van der Waals surface area contributed by atoms with Crippen LogP contribution in [0.15, 0.2) is 0 Å². The maximum absolute atomic E-state index is 9.11. The van der Waals surface area contributed by atoms with Gasteiger partial charge in [-0.25, -0.2) is 0 Å². The second kappa shape index (κ2) is 6.09. The van der Waals surface area contributed by atoms with Gasteiger partial charge in [-0.05, 0) is 38.0 Å². The van der Waals surface area contributed by atoms with E-state index in [1.807, 2.05) is 6.92 Å². The number of thiol groups is 1. The van der Waals surface area contributed by atoms with Crippen molar-refractivity contribution in [3.05, 3.63) is 0 Å². The Morgan fingerprint density at radius 3 is 2.53 bits per heavy atom. The number of hydrogen-bond donors (Lipinski definition) is 2. The fourth-order valence-electron chi connectivity index (χ4n) is 1.99. The Bertz CT molecular complexity index is 183. The first-order valence-corrected chi connectivity index (χ1v) is 6.26. The average Bonchev–Trinajstić information content (AvgIpc) is 2.29. The van der Waals surface area contributed by atoms with Crippen molar-refractivity contribution in [1.82, 2.24) is 4.90 Å². The largest absolute Gasteiger partial charge is 0.395 e. The van der Waals surface area contributed by atoms with Crippen LogP contribution in [0.5, 0.6) is 0 Å². The van der Waals surface area contributed by atoms with Gasteiger partial charge in [0.2, 0.25) is 0 Å². The van der Waals surface area contributed by atoms with Crippen LogP contribution >= 0.6 is 12.6 Å². The van der Waals surface area contributed by atoms with E-state index >= 15 is 0 Å². The predicted octanol–water partition coefficient (Wildman–Crippen LogP) is 1.03. The molecule has 0 saturated carbocycles. The first-order chi connectivity index (χ1) is 7.13. The second-order valence-electron chi connectivity index (χ2n) is 4.72. The van der Waals surface area contributed by atoms with Gasteiger partial charge in [0.1, 0.15) is 0 Å². The summed E-state index contributed by atoms with van der Waals surface area (Å²) in [5.74, 6) is 0.902. The smallest absolute Gasteiger partial charge is 0.0584 e. The van der Waals surface area contributed by atoms with Crippen LogP contribution < -0.4 is 0 Å². The van der Waals surface area contributed by atoms with E-state index in [1.165, 1.54) is 0 Å². The summed E-state index contributed by atoms with van der Waals surface area (Å²) in [6.07, 6.45) is 2.16. The number of aliphatic hydroxyl groups excluding tert-OH is 1. The highest BCUT2D eigenvalue weighted by atomic mass is 32.1. The molecule has 3 nitrogen and oxygen atoms in total. The molecular weight excluding hydrogens is 210 g/mol. The molecule has 0 aromatic carbocycles. The molecule has 1 rings (SSSR count). The van der Waals surface area contributed by atoms with Crippen molar-refractivity contribution in [3.8, 4) is 0 Å². The zero-order valence-corrected chi connectivity index (χ0v) is 10.7. The van der Waals surface area contributed by atoms with E-state index in [0.29, 0.717) is 0 Å². The van der Waals surface area contributed by atoms with E-state index in [4.69, 9.17) is 9.84 Å². The Labute approximate surface area is 98.2 Å². The molecule has 0 spiro atoms. The van der Waals surface area contributed by atoms with Gasteiger partial charge in [0.25, 0.3) is 0 Å². The average molecular weight is 233 g/mol. The first-order valence-electron chi connectivity index (χ1n) is 5.63. The number of hydrogen-bond acceptors (Lipinski definition) is 4. The van der Waals surface area contributed by atoms with Crippen molar-refractivity contribution in [2.75, 3.05) is 39.2 Å². The molecule has 90 valence electrons. The van der Waals surface area contributed by atoms with Crippen molar-refractivity contribution in [1.29, 1.82) is 0 Å². The van der Waals surface area contributed by atoms with Gasteiger partial charge >= 0.3 is 0 Å². The zero-order valence-electron chi connectivity index (χ0n) is 9.78. The van der Waals surface area contributed by atoms with Crippen molar-refractivity contribution in [2.24, 2.45) is 5.41 Å². The molecule has 15 heavy (non-hydrogen) atoms. The number of aliphatic hydroxyl groups is 1. The summed E-state index contributed by atoms with van der Waals surface area (Å²) in [6.45, 7) is 4.96. The van der Waals surface area contributed by atoms with Gasteiger partial charge in [0.05, 0.1) is 6.61 Å². The first kappa shape index (κ1) is 13.3. The van der Waals surface area contributed by atoms with Gasteiger partial charge in [-0.2, -0.15) is 12.6 Å². The van der Waals surface area contributed by atoms with Gasteiger partial charge in [0.15, 0.2) is 0 Å². The molecule has 0 aromatic heterocycles. The standard InChI is InChI=1S/C11H23NO2S/c1-10(7-13)12(2)8-11(9-15)3-5-14-6-4-11/h10,13,15H,3-9H2,1-2H3. The maximum Gasteiger partial charge on any atom is 0.0584 e. The van der Waals surface area contributed by atoms with Crippen molar-refractivity contribution < 1.29 is 9.84 Å². The Morgan fingerprint density at radius 2 is 2.07 bits per heavy atom. The maximum atomic E-state index is 9.11. The number of rotatable bonds is 5. The molecular formula is C11H23NO2S. The molecule has 0 aliphatic carbocycles. The highest BCUT2D eigenvalue weighted by Gasteiger charge is 2.33. The summed E-state index contributed by atoms with van der Waals surface area (Å²) in [5, 5.41) is 9.11.